The summed E-state index contributed by atoms with van der Waals surface area (Å²) >= 11 is 0. The number of fused-ring (bicyclic) bond motifs is 1. The fraction of sp³-hybridized carbons (Fsp3) is 0.444. The van der Waals surface area contributed by atoms with Crippen molar-refractivity contribution < 1.29 is 18.8 Å². The Hall–Kier alpha value is -2.54. The van der Waals surface area contributed by atoms with Crippen LogP contribution in [-0.4, -0.2) is 36.3 Å². The molecule has 0 atom stereocenters. The summed E-state index contributed by atoms with van der Waals surface area (Å²) in [7, 11) is 1.88. The molecule has 0 fully saturated rings. The number of carbonyl (C=O) groups excluding carboxylic acids is 1. The van der Waals surface area contributed by atoms with Gasteiger partial charge in [0.2, 0.25) is 18.6 Å². The van der Waals surface area contributed by atoms with Gasteiger partial charge in [-0.2, -0.15) is 0 Å². The van der Waals surface area contributed by atoms with Crippen molar-refractivity contribution in [3.05, 3.63) is 35.5 Å². The minimum Gasteiger partial charge on any atom is -0.454 e. The Balaban J connectivity index is 1.53. The smallest absolute Gasteiger partial charge is 0.240 e. The number of carbonyl (C=O) groups is 1. The van der Waals surface area contributed by atoms with Gasteiger partial charge in [0.15, 0.2) is 11.5 Å². The van der Waals surface area contributed by atoms with E-state index in [4.69, 9.17) is 14.0 Å². The summed E-state index contributed by atoms with van der Waals surface area (Å²) in [5.74, 6) is 1.71. The van der Waals surface area contributed by atoms with Crippen molar-refractivity contribution in [1.29, 1.82) is 0 Å². The van der Waals surface area contributed by atoms with Crippen LogP contribution in [0.5, 0.6) is 11.5 Å². The standard InChI is InChI=1S/C18H23N3O4/c1-18(2,3)15-8-17(25-20-15)19-16(22)10-21(4)9-12-5-6-13-14(7-12)24-11-23-13/h5-8H,9-11H2,1-4H3,(H,19,22). The van der Waals surface area contributed by atoms with E-state index in [0.717, 1.165) is 22.8 Å². The fourth-order valence-electron chi connectivity index (χ4n) is 2.52. The van der Waals surface area contributed by atoms with Crippen LogP contribution in [0.15, 0.2) is 28.8 Å². The number of anilines is 1. The molecule has 25 heavy (non-hydrogen) atoms. The zero-order valence-corrected chi connectivity index (χ0v) is 15.0. The molecule has 0 aliphatic carbocycles. The minimum absolute atomic E-state index is 0.122. The Morgan fingerprint density at radius 3 is 2.72 bits per heavy atom. The SMILES string of the molecule is CN(CC(=O)Nc1cc(C(C)(C)C)no1)Cc1ccc2c(c1)OCO2. The lowest BCUT2D eigenvalue weighted by atomic mass is 9.92. The Morgan fingerprint density at radius 2 is 2.00 bits per heavy atom. The first-order valence-electron chi connectivity index (χ1n) is 8.15. The van der Waals surface area contributed by atoms with Crippen molar-refractivity contribution in [1.82, 2.24) is 10.1 Å². The van der Waals surface area contributed by atoms with Crippen molar-refractivity contribution >= 4 is 11.8 Å². The third-order valence-electron chi connectivity index (χ3n) is 3.84. The predicted octanol–water partition coefficient (Wildman–Crippen LogP) is 2.77. The van der Waals surface area contributed by atoms with Gasteiger partial charge in [-0.3, -0.25) is 15.0 Å². The molecule has 2 aromatic rings. The van der Waals surface area contributed by atoms with Crippen LogP contribution in [0, 0.1) is 0 Å². The monoisotopic (exact) mass is 345 g/mol. The number of hydrogen-bond acceptors (Lipinski definition) is 6. The van der Waals surface area contributed by atoms with E-state index >= 15 is 0 Å². The van der Waals surface area contributed by atoms with E-state index in [1.807, 2.05) is 50.9 Å². The Labute approximate surface area is 146 Å². The molecule has 3 rings (SSSR count). The van der Waals surface area contributed by atoms with Crippen molar-refractivity contribution in [2.24, 2.45) is 0 Å². The van der Waals surface area contributed by atoms with Gasteiger partial charge in [0.1, 0.15) is 0 Å². The maximum Gasteiger partial charge on any atom is 0.240 e. The zero-order valence-electron chi connectivity index (χ0n) is 15.0. The molecule has 2 heterocycles. The average Bonchev–Trinajstić information content (AvgIpc) is 3.14. The average molecular weight is 345 g/mol. The molecule has 0 radical (unpaired) electrons. The van der Waals surface area contributed by atoms with Gasteiger partial charge in [-0.15, -0.1) is 0 Å². The second-order valence-corrected chi connectivity index (χ2v) is 7.23. The first kappa shape index (κ1) is 17.3. The van der Waals surface area contributed by atoms with Crippen LogP contribution in [-0.2, 0) is 16.8 Å². The largest absolute Gasteiger partial charge is 0.454 e. The first-order valence-corrected chi connectivity index (χ1v) is 8.15. The molecule has 7 heteroatoms. The van der Waals surface area contributed by atoms with Crippen LogP contribution in [0.25, 0.3) is 0 Å². The topological polar surface area (TPSA) is 76.8 Å². The highest BCUT2D eigenvalue weighted by Crippen LogP contribution is 2.32. The summed E-state index contributed by atoms with van der Waals surface area (Å²) in [5.41, 5.74) is 1.73. The molecule has 0 saturated carbocycles. The van der Waals surface area contributed by atoms with Crippen molar-refractivity contribution in [2.45, 2.75) is 32.7 Å². The molecule has 1 aromatic carbocycles. The summed E-state index contributed by atoms with van der Waals surface area (Å²) in [4.78, 5) is 14.1. The van der Waals surface area contributed by atoms with Crippen molar-refractivity contribution in [2.75, 3.05) is 25.7 Å². The number of nitrogens with zero attached hydrogens (tertiary/aromatic N) is 2. The highest BCUT2D eigenvalue weighted by atomic mass is 16.7. The number of hydrogen-bond donors (Lipinski definition) is 1. The lowest BCUT2D eigenvalue weighted by molar-refractivity contribution is -0.117. The van der Waals surface area contributed by atoms with Gasteiger partial charge in [0.05, 0.1) is 12.2 Å². The van der Waals surface area contributed by atoms with E-state index in [1.165, 1.54) is 0 Å². The van der Waals surface area contributed by atoms with Crippen LogP contribution in [0.1, 0.15) is 32.0 Å². The minimum atomic E-state index is -0.153. The van der Waals surface area contributed by atoms with Gasteiger partial charge in [0.25, 0.3) is 0 Å². The quantitative estimate of drug-likeness (QED) is 0.898. The number of aromatic nitrogens is 1. The number of ether oxygens (including phenoxy) is 2. The fourth-order valence-corrected chi connectivity index (χ4v) is 2.52. The number of likely N-dealkylation sites (N-methyl/N-ethyl adjacent to an activating group) is 1. The summed E-state index contributed by atoms with van der Waals surface area (Å²) in [5, 5.41) is 6.73. The summed E-state index contributed by atoms with van der Waals surface area (Å²) in [6.45, 7) is 7.22. The molecule has 1 aliphatic heterocycles. The van der Waals surface area contributed by atoms with Crippen LogP contribution >= 0.6 is 0 Å². The summed E-state index contributed by atoms with van der Waals surface area (Å²) < 4.78 is 15.9. The van der Waals surface area contributed by atoms with Gasteiger partial charge in [0, 0.05) is 18.0 Å². The summed E-state index contributed by atoms with van der Waals surface area (Å²) in [6, 6.07) is 7.54. The highest BCUT2D eigenvalue weighted by molar-refractivity contribution is 5.90. The van der Waals surface area contributed by atoms with Crippen LogP contribution in [0.4, 0.5) is 5.88 Å². The molecule has 7 nitrogen and oxygen atoms in total. The van der Waals surface area contributed by atoms with E-state index in [1.54, 1.807) is 6.07 Å². The third-order valence-corrected chi connectivity index (χ3v) is 3.84. The lowest BCUT2D eigenvalue weighted by Gasteiger charge is -2.16. The molecule has 1 aromatic heterocycles. The van der Waals surface area contributed by atoms with Crippen LogP contribution < -0.4 is 14.8 Å². The highest BCUT2D eigenvalue weighted by Gasteiger charge is 2.20. The number of amides is 1. The number of rotatable bonds is 5. The lowest BCUT2D eigenvalue weighted by Crippen LogP contribution is -2.29. The number of nitrogens with one attached hydrogen (secondary N) is 1. The third kappa shape index (κ3) is 4.30. The molecule has 0 saturated heterocycles. The Kier molecular flexibility index (Phi) is 4.67. The normalized spacial score (nSPS) is 13.3. The van der Waals surface area contributed by atoms with Crippen LogP contribution in [0.2, 0.25) is 0 Å². The molecular weight excluding hydrogens is 322 g/mol. The summed E-state index contributed by atoms with van der Waals surface area (Å²) in [6.07, 6.45) is 0. The van der Waals surface area contributed by atoms with Crippen LogP contribution in [0.3, 0.4) is 0 Å². The first-order chi connectivity index (χ1) is 11.8. The van der Waals surface area contributed by atoms with Crippen molar-refractivity contribution in [3.63, 3.8) is 0 Å². The van der Waals surface area contributed by atoms with E-state index in [0.29, 0.717) is 12.4 Å². The Bertz CT molecular complexity index is 764. The second-order valence-electron chi connectivity index (χ2n) is 7.23. The molecule has 134 valence electrons. The maximum absolute atomic E-state index is 12.2. The zero-order chi connectivity index (χ0) is 18.0. The molecule has 0 unspecified atom stereocenters. The van der Waals surface area contributed by atoms with Gasteiger partial charge in [-0.05, 0) is 24.7 Å². The van der Waals surface area contributed by atoms with E-state index in [-0.39, 0.29) is 24.7 Å². The maximum atomic E-state index is 12.2. The number of benzene rings is 1. The molecular formula is C18H23N3O4. The Morgan fingerprint density at radius 1 is 1.24 bits per heavy atom. The molecule has 0 spiro atoms. The molecule has 1 amide bonds. The van der Waals surface area contributed by atoms with Gasteiger partial charge < -0.3 is 14.0 Å². The van der Waals surface area contributed by atoms with Gasteiger partial charge >= 0.3 is 0 Å². The second kappa shape index (κ2) is 6.76. The van der Waals surface area contributed by atoms with Crippen molar-refractivity contribution in [3.8, 4) is 11.5 Å². The van der Waals surface area contributed by atoms with E-state index in [9.17, 15) is 4.79 Å². The molecule has 1 aliphatic rings. The van der Waals surface area contributed by atoms with E-state index in [2.05, 4.69) is 10.5 Å². The molecule has 0 bridgehead atoms. The molecule has 1 N–H and O–H groups in total. The van der Waals surface area contributed by atoms with E-state index < -0.39 is 0 Å². The van der Waals surface area contributed by atoms with Gasteiger partial charge in [-0.1, -0.05) is 32.0 Å². The van der Waals surface area contributed by atoms with Gasteiger partial charge in [-0.25, -0.2) is 0 Å². The predicted molar refractivity (Wildman–Crippen MR) is 92.7 cm³/mol.